The summed E-state index contributed by atoms with van der Waals surface area (Å²) in [6, 6.07) is 15.6. The summed E-state index contributed by atoms with van der Waals surface area (Å²) < 4.78 is 0. The average molecular weight is 361 g/mol. The number of hydrogen-bond acceptors (Lipinski definition) is 3. The van der Waals surface area contributed by atoms with Gasteiger partial charge in [-0.3, -0.25) is 9.79 Å². The van der Waals surface area contributed by atoms with Gasteiger partial charge in [-0.05, 0) is 44.9 Å². The molecule has 1 aliphatic carbocycles. The van der Waals surface area contributed by atoms with E-state index >= 15 is 0 Å². The third kappa shape index (κ3) is 3.75. The Labute approximate surface area is 161 Å². The summed E-state index contributed by atoms with van der Waals surface area (Å²) >= 11 is 0. The zero-order valence-corrected chi connectivity index (χ0v) is 16.1. The van der Waals surface area contributed by atoms with Crippen LogP contribution in [0.3, 0.4) is 0 Å². The normalized spacial score (nSPS) is 20.4. The van der Waals surface area contributed by atoms with Crippen molar-refractivity contribution in [3.63, 3.8) is 0 Å². The van der Waals surface area contributed by atoms with Gasteiger partial charge in [-0.25, -0.2) is 0 Å². The monoisotopic (exact) mass is 361 g/mol. The Balaban J connectivity index is 1.60. The Morgan fingerprint density at radius 1 is 0.963 bits per heavy atom. The zero-order chi connectivity index (χ0) is 18.9. The number of fused-ring (bicyclic) bond motifs is 1. The lowest BCUT2D eigenvalue weighted by molar-refractivity contribution is 0.103. The van der Waals surface area contributed by atoms with Crippen LogP contribution < -0.4 is 10.6 Å². The van der Waals surface area contributed by atoms with E-state index in [2.05, 4.69) is 24.5 Å². The van der Waals surface area contributed by atoms with Crippen molar-refractivity contribution >= 4 is 23.0 Å². The summed E-state index contributed by atoms with van der Waals surface area (Å²) in [7, 11) is 0. The van der Waals surface area contributed by atoms with Gasteiger partial charge in [-0.2, -0.15) is 0 Å². The maximum absolute atomic E-state index is 12.7. The maximum Gasteiger partial charge on any atom is 0.193 e. The van der Waals surface area contributed by atoms with E-state index in [-0.39, 0.29) is 11.3 Å². The van der Waals surface area contributed by atoms with E-state index in [0.717, 1.165) is 17.2 Å². The molecule has 0 amide bonds. The van der Waals surface area contributed by atoms with Crippen molar-refractivity contribution in [2.75, 3.05) is 10.6 Å². The van der Waals surface area contributed by atoms with Gasteiger partial charge in [0.2, 0.25) is 0 Å². The summed E-state index contributed by atoms with van der Waals surface area (Å²) in [5.74, 6) is 1.03. The standard InChI is InChI=1S/C23H27N3O/c1-23(2)22(24-18-11-7-4-8-12-18)25-19-14-13-17(15-20(19)26-23)21(27)16-9-5-3-6-10-16/h3,5-6,9-10,13-15,18,26H,4,7-8,11-12H2,1-2H3,(H,24,25). The zero-order valence-electron chi connectivity index (χ0n) is 16.1. The predicted octanol–water partition coefficient (Wildman–Crippen LogP) is 5.26. The van der Waals surface area contributed by atoms with Crippen LogP contribution in [0.15, 0.2) is 53.5 Å². The molecule has 1 fully saturated rings. The molecule has 4 heteroatoms. The topological polar surface area (TPSA) is 53.5 Å². The SMILES string of the molecule is CC1(C)Nc2cc(C(=O)c3ccccc3)ccc2NC1=NC1CCCCC1. The van der Waals surface area contributed by atoms with Gasteiger partial charge in [0.15, 0.2) is 5.78 Å². The van der Waals surface area contributed by atoms with Crippen molar-refractivity contribution in [1.29, 1.82) is 0 Å². The second kappa shape index (κ2) is 7.18. The number of nitrogens with one attached hydrogen (secondary N) is 2. The summed E-state index contributed by atoms with van der Waals surface area (Å²) in [6.45, 7) is 4.27. The maximum atomic E-state index is 12.7. The average Bonchev–Trinajstić information content (AvgIpc) is 2.69. The third-order valence-corrected chi connectivity index (χ3v) is 5.50. The molecule has 1 saturated carbocycles. The fourth-order valence-corrected chi connectivity index (χ4v) is 3.92. The number of benzene rings is 2. The number of carbonyl (C=O) groups excluding carboxylic acids is 1. The second-order valence-corrected chi connectivity index (χ2v) is 8.10. The van der Waals surface area contributed by atoms with Gasteiger partial charge in [0.1, 0.15) is 5.84 Å². The van der Waals surface area contributed by atoms with Crippen LogP contribution in [0.1, 0.15) is 61.9 Å². The van der Waals surface area contributed by atoms with Gasteiger partial charge in [-0.15, -0.1) is 0 Å². The molecule has 2 aliphatic rings. The van der Waals surface area contributed by atoms with E-state index in [9.17, 15) is 4.79 Å². The molecule has 27 heavy (non-hydrogen) atoms. The quantitative estimate of drug-likeness (QED) is 0.733. The summed E-state index contributed by atoms with van der Waals surface area (Å²) in [4.78, 5) is 17.8. The summed E-state index contributed by atoms with van der Waals surface area (Å²) in [5.41, 5.74) is 3.04. The van der Waals surface area contributed by atoms with Crippen LogP contribution in [0.5, 0.6) is 0 Å². The number of anilines is 2. The highest BCUT2D eigenvalue weighted by atomic mass is 16.1. The lowest BCUT2D eigenvalue weighted by atomic mass is 9.94. The molecule has 0 atom stereocenters. The number of carbonyl (C=O) groups is 1. The largest absolute Gasteiger partial charge is 0.371 e. The van der Waals surface area contributed by atoms with Gasteiger partial charge >= 0.3 is 0 Å². The lowest BCUT2D eigenvalue weighted by Crippen LogP contribution is -2.48. The number of ketones is 1. The van der Waals surface area contributed by atoms with Crippen molar-refractivity contribution < 1.29 is 4.79 Å². The lowest BCUT2D eigenvalue weighted by Gasteiger charge is -2.37. The molecule has 2 aromatic carbocycles. The Kier molecular flexibility index (Phi) is 4.73. The highest BCUT2D eigenvalue weighted by Gasteiger charge is 2.32. The van der Waals surface area contributed by atoms with E-state index in [1.807, 2.05) is 48.5 Å². The molecule has 2 aromatic rings. The van der Waals surface area contributed by atoms with Gasteiger partial charge in [0, 0.05) is 11.1 Å². The molecule has 4 rings (SSSR count). The molecule has 0 unspecified atom stereocenters. The number of aliphatic imine (C=N–C) groups is 1. The molecule has 1 aliphatic heterocycles. The Hall–Kier alpha value is -2.62. The molecule has 0 aromatic heterocycles. The summed E-state index contributed by atoms with van der Waals surface area (Å²) in [6.07, 6.45) is 6.24. The number of hydrogen-bond donors (Lipinski definition) is 2. The van der Waals surface area contributed by atoms with Crippen LogP contribution in [-0.2, 0) is 0 Å². The first kappa shape index (κ1) is 17.8. The van der Waals surface area contributed by atoms with Crippen molar-refractivity contribution in [1.82, 2.24) is 0 Å². The molecule has 0 saturated heterocycles. The Morgan fingerprint density at radius 3 is 2.44 bits per heavy atom. The molecule has 4 nitrogen and oxygen atoms in total. The minimum absolute atomic E-state index is 0.0414. The highest BCUT2D eigenvalue weighted by Crippen LogP contribution is 2.33. The molecule has 0 spiro atoms. The molecule has 0 radical (unpaired) electrons. The minimum Gasteiger partial charge on any atom is -0.371 e. The van der Waals surface area contributed by atoms with Crippen LogP contribution in [0, 0.1) is 0 Å². The van der Waals surface area contributed by atoms with Gasteiger partial charge in [0.25, 0.3) is 0 Å². The van der Waals surface area contributed by atoms with E-state index in [0.29, 0.717) is 17.2 Å². The van der Waals surface area contributed by atoms with Crippen LogP contribution in [0.4, 0.5) is 11.4 Å². The van der Waals surface area contributed by atoms with Gasteiger partial charge in [-0.1, -0.05) is 49.6 Å². The molecule has 1 heterocycles. The second-order valence-electron chi connectivity index (χ2n) is 8.10. The number of rotatable bonds is 3. The fourth-order valence-electron chi connectivity index (χ4n) is 3.92. The Morgan fingerprint density at radius 2 is 1.70 bits per heavy atom. The van der Waals surface area contributed by atoms with Crippen LogP contribution >= 0.6 is 0 Å². The first-order valence-corrected chi connectivity index (χ1v) is 9.90. The Bertz CT molecular complexity index is 864. The van der Waals surface area contributed by atoms with E-state index < -0.39 is 0 Å². The predicted molar refractivity (Wildman–Crippen MR) is 112 cm³/mol. The van der Waals surface area contributed by atoms with Gasteiger partial charge in [0.05, 0.1) is 23.0 Å². The van der Waals surface area contributed by atoms with Crippen molar-refractivity contribution in [3.05, 3.63) is 59.7 Å². The van der Waals surface area contributed by atoms with E-state index in [1.54, 1.807) is 0 Å². The smallest absolute Gasteiger partial charge is 0.193 e. The van der Waals surface area contributed by atoms with Crippen molar-refractivity contribution in [2.45, 2.75) is 57.5 Å². The molecule has 0 bridgehead atoms. The molecular formula is C23H27N3O. The van der Waals surface area contributed by atoms with E-state index in [4.69, 9.17) is 4.99 Å². The fraction of sp³-hybridized carbons (Fsp3) is 0.391. The van der Waals surface area contributed by atoms with E-state index in [1.165, 1.54) is 32.1 Å². The van der Waals surface area contributed by atoms with Crippen LogP contribution in [0.2, 0.25) is 0 Å². The first-order chi connectivity index (χ1) is 13.0. The van der Waals surface area contributed by atoms with Crippen molar-refractivity contribution in [2.24, 2.45) is 4.99 Å². The molecule has 2 N–H and O–H groups in total. The molecular weight excluding hydrogens is 334 g/mol. The van der Waals surface area contributed by atoms with Crippen LogP contribution in [0.25, 0.3) is 0 Å². The van der Waals surface area contributed by atoms with Gasteiger partial charge < -0.3 is 10.6 Å². The first-order valence-electron chi connectivity index (χ1n) is 9.90. The van der Waals surface area contributed by atoms with Crippen molar-refractivity contribution in [3.8, 4) is 0 Å². The number of amidine groups is 1. The molecule has 140 valence electrons. The third-order valence-electron chi connectivity index (χ3n) is 5.50. The van der Waals surface area contributed by atoms with Crippen LogP contribution in [-0.4, -0.2) is 23.2 Å². The highest BCUT2D eigenvalue weighted by molar-refractivity contribution is 6.12. The number of nitrogens with zero attached hydrogens (tertiary/aromatic N) is 1. The minimum atomic E-state index is -0.293. The summed E-state index contributed by atoms with van der Waals surface area (Å²) in [5, 5.41) is 7.09.